The number of hydrogen-bond donors (Lipinski definition) is 1. The molecular formula is C24H26N4O3. The molecule has 0 amide bonds. The largest absolute Gasteiger partial charge is 0.489 e. The number of nitrogens with one attached hydrogen (secondary N) is 1. The number of benzene rings is 2. The molecule has 0 saturated carbocycles. The molecule has 1 aliphatic rings. The van der Waals surface area contributed by atoms with Gasteiger partial charge in [-0.2, -0.15) is 10.1 Å². The van der Waals surface area contributed by atoms with Crippen LogP contribution in [0.3, 0.4) is 0 Å². The molecule has 1 N–H and O–H groups in total. The van der Waals surface area contributed by atoms with E-state index < -0.39 is 12.0 Å². The highest BCUT2D eigenvalue weighted by atomic mass is 16.5. The van der Waals surface area contributed by atoms with Crippen molar-refractivity contribution in [2.45, 2.75) is 40.3 Å². The SMILES string of the molecule is COC(=O)C1=C(C)Nc2ncnn2C1c1ccc(OCc2cc(C)c(C)cc2C)cc1. The average molecular weight is 418 g/mol. The Labute approximate surface area is 181 Å². The van der Waals surface area contributed by atoms with Crippen LogP contribution in [0, 0.1) is 20.8 Å². The number of hydrogen-bond acceptors (Lipinski definition) is 6. The van der Waals surface area contributed by atoms with Crippen molar-refractivity contribution in [2.24, 2.45) is 0 Å². The molecule has 1 atom stereocenters. The average Bonchev–Trinajstić information content (AvgIpc) is 3.22. The molecule has 0 radical (unpaired) electrons. The number of aryl methyl sites for hydroxylation is 3. The number of aromatic nitrogens is 3. The van der Waals surface area contributed by atoms with Crippen LogP contribution in [0.4, 0.5) is 5.95 Å². The predicted molar refractivity (Wildman–Crippen MR) is 118 cm³/mol. The zero-order valence-corrected chi connectivity index (χ0v) is 18.4. The van der Waals surface area contributed by atoms with Crippen LogP contribution in [0.15, 0.2) is 54.0 Å². The number of ether oxygens (including phenoxy) is 2. The lowest BCUT2D eigenvalue weighted by molar-refractivity contribution is -0.136. The number of esters is 1. The number of carbonyl (C=O) groups excluding carboxylic acids is 1. The minimum atomic E-state index is -0.428. The van der Waals surface area contributed by atoms with E-state index in [2.05, 4.69) is 48.3 Å². The quantitative estimate of drug-likeness (QED) is 0.625. The van der Waals surface area contributed by atoms with Crippen LogP contribution < -0.4 is 10.1 Å². The van der Waals surface area contributed by atoms with Crippen molar-refractivity contribution in [1.82, 2.24) is 14.8 Å². The molecule has 1 unspecified atom stereocenters. The number of anilines is 1. The molecule has 31 heavy (non-hydrogen) atoms. The predicted octanol–water partition coefficient (Wildman–Crippen LogP) is 4.24. The topological polar surface area (TPSA) is 78.3 Å². The van der Waals surface area contributed by atoms with Gasteiger partial charge in [-0.3, -0.25) is 0 Å². The molecule has 0 saturated heterocycles. The first-order valence-corrected chi connectivity index (χ1v) is 10.1. The third kappa shape index (κ3) is 3.91. The summed E-state index contributed by atoms with van der Waals surface area (Å²) >= 11 is 0. The van der Waals surface area contributed by atoms with Crippen molar-refractivity contribution in [3.8, 4) is 5.75 Å². The standard InChI is InChI=1S/C24H26N4O3/c1-14-10-16(3)19(11-15(14)2)12-31-20-8-6-18(7-9-20)22-21(23(29)30-5)17(4)27-24-25-13-26-28(22)24/h6-11,13,22H,12H2,1-5H3,(H,25,26,27). The summed E-state index contributed by atoms with van der Waals surface area (Å²) in [5.74, 6) is 0.942. The highest BCUT2D eigenvalue weighted by Crippen LogP contribution is 2.35. The van der Waals surface area contributed by atoms with Gasteiger partial charge in [-0.1, -0.05) is 24.3 Å². The van der Waals surface area contributed by atoms with Gasteiger partial charge in [0.25, 0.3) is 0 Å². The minimum Gasteiger partial charge on any atom is -0.489 e. The fourth-order valence-electron chi connectivity index (χ4n) is 3.86. The summed E-state index contributed by atoms with van der Waals surface area (Å²) in [5, 5.41) is 7.42. The molecule has 1 aromatic heterocycles. The van der Waals surface area contributed by atoms with E-state index >= 15 is 0 Å². The van der Waals surface area contributed by atoms with Crippen LogP contribution in [0.2, 0.25) is 0 Å². The highest BCUT2D eigenvalue weighted by Gasteiger charge is 2.33. The van der Waals surface area contributed by atoms with Gasteiger partial charge < -0.3 is 14.8 Å². The van der Waals surface area contributed by atoms with E-state index in [-0.39, 0.29) is 0 Å². The summed E-state index contributed by atoms with van der Waals surface area (Å²) in [7, 11) is 1.38. The van der Waals surface area contributed by atoms with E-state index in [9.17, 15) is 4.79 Å². The molecule has 1 aliphatic heterocycles. The van der Waals surface area contributed by atoms with Crippen LogP contribution in [0.25, 0.3) is 0 Å². The fraction of sp³-hybridized carbons (Fsp3) is 0.292. The molecule has 2 aromatic carbocycles. The second-order valence-electron chi connectivity index (χ2n) is 7.81. The van der Waals surface area contributed by atoms with Crippen LogP contribution in [0.5, 0.6) is 5.75 Å². The van der Waals surface area contributed by atoms with Crippen molar-refractivity contribution in [2.75, 3.05) is 12.4 Å². The number of nitrogens with zero attached hydrogens (tertiary/aromatic N) is 3. The van der Waals surface area contributed by atoms with E-state index in [1.807, 2.05) is 31.2 Å². The third-order valence-electron chi connectivity index (χ3n) is 5.74. The van der Waals surface area contributed by atoms with Gasteiger partial charge in [0.05, 0.1) is 12.7 Å². The van der Waals surface area contributed by atoms with Gasteiger partial charge in [-0.15, -0.1) is 0 Å². The first-order valence-electron chi connectivity index (χ1n) is 10.1. The molecule has 0 fully saturated rings. The lowest BCUT2D eigenvalue weighted by Crippen LogP contribution is -2.29. The Morgan fingerprint density at radius 1 is 1.06 bits per heavy atom. The first kappa shape index (κ1) is 20.7. The van der Waals surface area contributed by atoms with Gasteiger partial charge >= 0.3 is 5.97 Å². The Morgan fingerprint density at radius 2 is 1.77 bits per heavy atom. The molecule has 7 nitrogen and oxygen atoms in total. The Bertz CT molecular complexity index is 1160. The van der Waals surface area contributed by atoms with Gasteiger partial charge in [0.1, 0.15) is 24.7 Å². The first-order chi connectivity index (χ1) is 14.9. The molecular weight excluding hydrogens is 392 g/mol. The summed E-state index contributed by atoms with van der Waals surface area (Å²) < 4.78 is 12.7. The van der Waals surface area contributed by atoms with Crippen molar-refractivity contribution >= 4 is 11.9 Å². The number of allylic oxidation sites excluding steroid dienone is 1. The second-order valence-corrected chi connectivity index (χ2v) is 7.81. The fourth-order valence-corrected chi connectivity index (χ4v) is 3.86. The van der Waals surface area contributed by atoms with Crippen LogP contribution in [-0.4, -0.2) is 27.8 Å². The van der Waals surface area contributed by atoms with Crippen molar-refractivity contribution in [1.29, 1.82) is 0 Å². The molecule has 0 bridgehead atoms. The Balaban J connectivity index is 1.59. The summed E-state index contributed by atoms with van der Waals surface area (Å²) in [6.07, 6.45) is 1.46. The van der Waals surface area contributed by atoms with Crippen LogP contribution in [0.1, 0.15) is 40.8 Å². The maximum Gasteiger partial charge on any atom is 0.338 e. The molecule has 3 aromatic rings. The lowest BCUT2D eigenvalue weighted by atomic mass is 9.96. The zero-order chi connectivity index (χ0) is 22.1. The molecule has 4 rings (SSSR count). The van der Waals surface area contributed by atoms with E-state index in [4.69, 9.17) is 9.47 Å². The number of methoxy groups -OCH3 is 1. The van der Waals surface area contributed by atoms with Crippen LogP contribution in [-0.2, 0) is 16.1 Å². The summed E-state index contributed by atoms with van der Waals surface area (Å²) in [4.78, 5) is 16.7. The summed E-state index contributed by atoms with van der Waals surface area (Å²) in [5.41, 5.74) is 7.02. The molecule has 2 heterocycles. The summed E-state index contributed by atoms with van der Waals surface area (Å²) in [6.45, 7) is 8.66. The Morgan fingerprint density at radius 3 is 2.48 bits per heavy atom. The second kappa shape index (κ2) is 8.26. The zero-order valence-electron chi connectivity index (χ0n) is 18.4. The molecule has 0 spiro atoms. The van der Waals surface area contributed by atoms with Gasteiger partial charge in [-0.05, 0) is 67.6 Å². The van der Waals surface area contributed by atoms with E-state index in [0.29, 0.717) is 23.8 Å². The number of rotatable bonds is 5. The lowest BCUT2D eigenvalue weighted by Gasteiger charge is -2.28. The van der Waals surface area contributed by atoms with Crippen molar-refractivity contribution in [3.63, 3.8) is 0 Å². The van der Waals surface area contributed by atoms with E-state index in [1.165, 1.54) is 35.7 Å². The van der Waals surface area contributed by atoms with Gasteiger partial charge in [0.15, 0.2) is 0 Å². The van der Waals surface area contributed by atoms with E-state index in [0.717, 1.165) is 11.3 Å². The molecule has 0 aliphatic carbocycles. The summed E-state index contributed by atoms with van der Waals surface area (Å²) in [6, 6.07) is 11.6. The van der Waals surface area contributed by atoms with Crippen molar-refractivity contribution in [3.05, 3.63) is 81.8 Å². The highest BCUT2D eigenvalue weighted by molar-refractivity contribution is 5.92. The minimum absolute atomic E-state index is 0.401. The molecule has 7 heteroatoms. The van der Waals surface area contributed by atoms with Gasteiger partial charge in [0.2, 0.25) is 5.95 Å². The normalized spacial score (nSPS) is 15.3. The third-order valence-corrected chi connectivity index (χ3v) is 5.74. The molecule has 160 valence electrons. The van der Waals surface area contributed by atoms with Gasteiger partial charge in [-0.25, -0.2) is 9.48 Å². The Hall–Kier alpha value is -3.61. The monoisotopic (exact) mass is 418 g/mol. The smallest absolute Gasteiger partial charge is 0.338 e. The van der Waals surface area contributed by atoms with E-state index in [1.54, 1.807) is 4.68 Å². The van der Waals surface area contributed by atoms with Crippen molar-refractivity contribution < 1.29 is 14.3 Å². The maximum atomic E-state index is 12.5. The Kier molecular flexibility index (Phi) is 5.50. The van der Waals surface area contributed by atoms with Crippen LogP contribution >= 0.6 is 0 Å². The number of carbonyl (C=O) groups is 1. The number of fused-ring (bicyclic) bond motifs is 1. The maximum absolute atomic E-state index is 12.5. The van der Waals surface area contributed by atoms with Gasteiger partial charge in [0, 0.05) is 5.70 Å².